The van der Waals surface area contributed by atoms with E-state index in [4.69, 9.17) is 14.7 Å². The predicted molar refractivity (Wildman–Crippen MR) is 72.9 cm³/mol. The number of ether oxygens (including phenoxy) is 3. The van der Waals surface area contributed by atoms with Gasteiger partial charge in [-0.25, -0.2) is 4.79 Å². The third-order valence-electron chi connectivity index (χ3n) is 2.36. The van der Waals surface area contributed by atoms with Crippen molar-refractivity contribution in [1.29, 1.82) is 5.26 Å². The molecule has 0 saturated heterocycles. The Labute approximate surface area is 119 Å². The molecule has 0 aromatic heterocycles. The van der Waals surface area contributed by atoms with Gasteiger partial charge >= 0.3 is 5.97 Å². The zero-order valence-electron chi connectivity index (χ0n) is 10.7. The van der Waals surface area contributed by atoms with E-state index >= 15 is 0 Å². The number of nitrogens with zero attached hydrogens (tertiary/aromatic N) is 1. The van der Waals surface area contributed by atoms with Crippen molar-refractivity contribution in [2.45, 2.75) is 0 Å². The van der Waals surface area contributed by atoms with Crippen LogP contribution in [-0.4, -0.2) is 27.3 Å². The minimum Gasteiger partial charge on any atom is -0.496 e. The van der Waals surface area contributed by atoms with Gasteiger partial charge in [0.15, 0.2) is 0 Å². The molecular weight excluding hydrogens is 314 g/mol. The van der Waals surface area contributed by atoms with Crippen LogP contribution >= 0.6 is 15.9 Å². The number of carbonyl (C=O) groups is 1. The largest absolute Gasteiger partial charge is 0.496 e. The molecule has 0 aliphatic rings. The Morgan fingerprint density at radius 2 is 1.84 bits per heavy atom. The molecule has 0 unspecified atom stereocenters. The molecule has 6 heteroatoms. The minimum absolute atomic E-state index is 0.130. The van der Waals surface area contributed by atoms with Crippen molar-refractivity contribution in [3.05, 3.63) is 27.7 Å². The van der Waals surface area contributed by atoms with E-state index < -0.39 is 5.97 Å². The lowest BCUT2D eigenvalue weighted by Gasteiger charge is -2.11. The van der Waals surface area contributed by atoms with E-state index in [1.165, 1.54) is 27.4 Å². The molecule has 0 aliphatic carbocycles. The fourth-order valence-electron chi connectivity index (χ4n) is 1.42. The van der Waals surface area contributed by atoms with E-state index in [0.717, 1.165) is 0 Å². The number of halogens is 1. The van der Waals surface area contributed by atoms with Crippen molar-refractivity contribution in [3.8, 4) is 17.6 Å². The Morgan fingerprint density at radius 3 is 2.32 bits per heavy atom. The van der Waals surface area contributed by atoms with Gasteiger partial charge in [0.2, 0.25) is 0 Å². The zero-order chi connectivity index (χ0) is 14.4. The Kier molecular flexibility index (Phi) is 5.39. The topological polar surface area (TPSA) is 68.6 Å². The summed E-state index contributed by atoms with van der Waals surface area (Å²) in [5.41, 5.74) is 0.401. The lowest BCUT2D eigenvalue weighted by molar-refractivity contribution is -0.135. The summed E-state index contributed by atoms with van der Waals surface area (Å²) in [5, 5.41) is 8.96. The molecule has 5 nitrogen and oxygen atoms in total. The van der Waals surface area contributed by atoms with Gasteiger partial charge in [0.1, 0.15) is 23.1 Å². The van der Waals surface area contributed by atoms with Crippen LogP contribution < -0.4 is 9.47 Å². The summed E-state index contributed by atoms with van der Waals surface area (Å²) in [4.78, 5) is 11.4. The van der Waals surface area contributed by atoms with Gasteiger partial charge in [-0.2, -0.15) is 5.26 Å². The highest BCUT2D eigenvalue weighted by atomic mass is 79.9. The Balaban J connectivity index is 3.44. The number of methoxy groups -OCH3 is 3. The lowest BCUT2D eigenvalue weighted by Crippen LogP contribution is -2.03. The molecule has 100 valence electrons. The van der Waals surface area contributed by atoms with Gasteiger partial charge < -0.3 is 14.2 Å². The molecule has 1 rings (SSSR count). The third-order valence-corrected chi connectivity index (χ3v) is 3.18. The van der Waals surface area contributed by atoms with Crippen molar-refractivity contribution in [2.24, 2.45) is 0 Å². The highest BCUT2D eigenvalue weighted by Crippen LogP contribution is 2.36. The molecule has 0 amide bonds. The zero-order valence-corrected chi connectivity index (χ0v) is 12.3. The lowest BCUT2D eigenvalue weighted by atomic mass is 10.1. The first kappa shape index (κ1) is 15.1. The maximum Gasteiger partial charge on any atom is 0.348 e. The van der Waals surface area contributed by atoms with E-state index in [1.54, 1.807) is 18.2 Å². The highest BCUT2D eigenvalue weighted by Gasteiger charge is 2.15. The fraction of sp³-hybridized carbons (Fsp3) is 0.231. The molecule has 0 N–H and O–H groups in total. The van der Waals surface area contributed by atoms with Crippen molar-refractivity contribution in [1.82, 2.24) is 0 Å². The van der Waals surface area contributed by atoms with Gasteiger partial charge in [-0.3, -0.25) is 0 Å². The Hall–Kier alpha value is -2.00. The second-order valence-electron chi connectivity index (χ2n) is 3.36. The number of hydrogen-bond acceptors (Lipinski definition) is 5. The van der Waals surface area contributed by atoms with Crippen LogP contribution in [0.1, 0.15) is 5.56 Å². The molecule has 0 aliphatic heterocycles. The Bertz CT molecular complexity index is 560. The SMILES string of the molecule is COC(=O)/C(C#N)=C/c1c(OC)ccc(OC)c1Br. The summed E-state index contributed by atoms with van der Waals surface area (Å²) < 4.78 is 15.5. The second kappa shape index (κ2) is 6.81. The average molecular weight is 326 g/mol. The molecule has 19 heavy (non-hydrogen) atoms. The quantitative estimate of drug-likeness (QED) is 0.483. The highest BCUT2D eigenvalue weighted by molar-refractivity contribution is 9.10. The molecule has 0 heterocycles. The average Bonchev–Trinajstić information content (AvgIpc) is 2.44. The molecular formula is C13H12BrNO4. The van der Waals surface area contributed by atoms with Crippen LogP contribution in [0.4, 0.5) is 0 Å². The van der Waals surface area contributed by atoms with Gasteiger partial charge in [-0.05, 0) is 34.1 Å². The molecule has 0 spiro atoms. The summed E-state index contributed by atoms with van der Waals surface area (Å²) in [6.07, 6.45) is 1.39. The molecule has 0 fully saturated rings. The summed E-state index contributed by atoms with van der Waals surface area (Å²) in [7, 11) is 4.23. The van der Waals surface area contributed by atoms with Crippen molar-refractivity contribution >= 4 is 28.0 Å². The molecule has 1 aromatic carbocycles. The summed E-state index contributed by atoms with van der Waals surface area (Å²) in [6.45, 7) is 0. The molecule has 0 radical (unpaired) electrons. The number of rotatable bonds is 4. The summed E-state index contributed by atoms with van der Waals surface area (Å²) in [5.74, 6) is 0.359. The van der Waals surface area contributed by atoms with Crippen LogP contribution in [0.25, 0.3) is 6.08 Å². The first-order chi connectivity index (χ1) is 9.08. The van der Waals surface area contributed by atoms with Gasteiger partial charge in [0.05, 0.1) is 25.8 Å². The van der Waals surface area contributed by atoms with Gasteiger partial charge in [0, 0.05) is 5.56 Å². The second-order valence-corrected chi connectivity index (χ2v) is 4.15. The van der Waals surface area contributed by atoms with E-state index in [-0.39, 0.29) is 5.57 Å². The molecule has 1 aromatic rings. The number of benzene rings is 1. The van der Waals surface area contributed by atoms with Gasteiger partial charge in [0.25, 0.3) is 0 Å². The Morgan fingerprint density at radius 1 is 1.26 bits per heavy atom. The van der Waals surface area contributed by atoms with Crippen LogP contribution in [0.2, 0.25) is 0 Å². The van der Waals surface area contributed by atoms with Crippen molar-refractivity contribution in [3.63, 3.8) is 0 Å². The normalized spacial score (nSPS) is 10.6. The van der Waals surface area contributed by atoms with Gasteiger partial charge in [-0.1, -0.05) is 0 Å². The van der Waals surface area contributed by atoms with Crippen LogP contribution in [0, 0.1) is 11.3 Å². The van der Waals surface area contributed by atoms with Gasteiger partial charge in [-0.15, -0.1) is 0 Å². The maximum absolute atomic E-state index is 11.4. The summed E-state index contributed by atoms with van der Waals surface area (Å²) >= 11 is 3.35. The molecule has 0 bridgehead atoms. The molecule has 0 saturated carbocycles. The van der Waals surface area contributed by atoms with Crippen molar-refractivity contribution < 1.29 is 19.0 Å². The standard InChI is InChI=1S/C13H12BrNO4/c1-17-10-4-5-11(18-2)12(14)9(10)6-8(7-15)13(16)19-3/h4-6H,1-3H3/b8-6+. The summed E-state index contributed by atoms with van der Waals surface area (Å²) in [6, 6.07) is 5.18. The predicted octanol–water partition coefficient (Wildman–Crippen LogP) is 2.55. The van der Waals surface area contributed by atoms with Crippen LogP contribution in [0.15, 0.2) is 22.2 Å². The van der Waals surface area contributed by atoms with E-state index in [9.17, 15) is 4.79 Å². The smallest absolute Gasteiger partial charge is 0.348 e. The number of hydrogen-bond donors (Lipinski definition) is 0. The first-order valence-electron chi connectivity index (χ1n) is 5.19. The van der Waals surface area contributed by atoms with E-state index in [1.807, 2.05) is 0 Å². The fourth-order valence-corrected chi connectivity index (χ4v) is 2.02. The third kappa shape index (κ3) is 3.26. The monoisotopic (exact) mass is 325 g/mol. The van der Waals surface area contributed by atoms with E-state index in [2.05, 4.69) is 20.7 Å². The maximum atomic E-state index is 11.4. The minimum atomic E-state index is -0.709. The van der Waals surface area contributed by atoms with Crippen molar-refractivity contribution in [2.75, 3.05) is 21.3 Å². The van der Waals surface area contributed by atoms with Crippen LogP contribution in [0.3, 0.4) is 0 Å². The first-order valence-corrected chi connectivity index (χ1v) is 5.98. The number of esters is 1. The number of carbonyl (C=O) groups excluding carboxylic acids is 1. The van der Waals surface area contributed by atoms with Crippen LogP contribution in [0.5, 0.6) is 11.5 Å². The van der Waals surface area contributed by atoms with Crippen LogP contribution in [-0.2, 0) is 9.53 Å². The molecule has 0 atom stereocenters. The number of nitriles is 1. The van der Waals surface area contributed by atoms with E-state index in [0.29, 0.717) is 21.5 Å².